The zero-order valence-corrected chi connectivity index (χ0v) is 10.4. The maximum absolute atomic E-state index is 11.0. The first-order valence-electron chi connectivity index (χ1n) is 5.37. The highest BCUT2D eigenvalue weighted by molar-refractivity contribution is 9.10. The van der Waals surface area contributed by atoms with Crippen molar-refractivity contribution in [1.82, 2.24) is 4.57 Å². The zero-order valence-electron chi connectivity index (χ0n) is 8.86. The van der Waals surface area contributed by atoms with Crippen molar-refractivity contribution in [3.8, 4) is 0 Å². The van der Waals surface area contributed by atoms with Crippen molar-refractivity contribution in [2.75, 3.05) is 6.61 Å². The van der Waals surface area contributed by atoms with Crippen molar-refractivity contribution >= 4 is 21.9 Å². The van der Waals surface area contributed by atoms with Crippen molar-refractivity contribution in [1.29, 1.82) is 0 Å². The summed E-state index contributed by atoms with van der Waals surface area (Å²) in [6, 6.07) is 1.62. The van der Waals surface area contributed by atoms with E-state index in [1.165, 1.54) is 0 Å². The van der Waals surface area contributed by atoms with Gasteiger partial charge in [-0.2, -0.15) is 0 Å². The summed E-state index contributed by atoms with van der Waals surface area (Å²) in [5.74, 6) is -0.891. The van der Waals surface area contributed by atoms with Gasteiger partial charge in [0.1, 0.15) is 5.69 Å². The number of hydrogen-bond donors (Lipinski definition) is 1. The molecule has 1 aliphatic rings. The summed E-state index contributed by atoms with van der Waals surface area (Å²) in [4.78, 5) is 11.0. The minimum absolute atomic E-state index is 0.294. The molecule has 4 nitrogen and oxygen atoms in total. The van der Waals surface area contributed by atoms with Gasteiger partial charge in [-0.05, 0) is 41.3 Å². The number of aryl methyl sites for hydroxylation is 1. The van der Waals surface area contributed by atoms with Gasteiger partial charge in [-0.3, -0.25) is 0 Å². The van der Waals surface area contributed by atoms with Crippen LogP contribution in [0.1, 0.15) is 29.8 Å². The molecule has 16 heavy (non-hydrogen) atoms. The van der Waals surface area contributed by atoms with Gasteiger partial charge in [-0.25, -0.2) is 4.79 Å². The Morgan fingerprint density at radius 3 is 3.12 bits per heavy atom. The van der Waals surface area contributed by atoms with Crippen LogP contribution in [0, 0.1) is 0 Å². The lowest BCUT2D eigenvalue weighted by Gasteiger charge is -2.10. The fraction of sp³-hybridized carbons (Fsp3) is 0.545. The molecule has 1 N–H and O–H groups in total. The predicted octanol–water partition coefficient (Wildman–Crippen LogP) is 2.52. The molecule has 1 aromatic rings. The van der Waals surface area contributed by atoms with Gasteiger partial charge in [0.25, 0.3) is 0 Å². The minimum Gasteiger partial charge on any atom is -0.477 e. The van der Waals surface area contributed by atoms with E-state index in [1.54, 1.807) is 16.8 Å². The van der Waals surface area contributed by atoms with Crippen LogP contribution in [0.4, 0.5) is 0 Å². The first kappa shape index (κ1) is 11.7. The molecule has 1 fully saturated rings. The van der Waals surface area contributed by atoms with Crippen molar-refractivity contribution < 1.29 is 14.6 Å². The van der Waals surface area contributed by atoms with Crippen LogP contribution in [-0.4, -0.2) is 28.4 Å². The quantitative estimate of drug-likeness (QED) is 0.926. The molecule has 0 bridgehead atoms. The van der Waals surface area contributed by atoms with Gasteiger partial charge < -0.3 is 14.4 Å². The van der Waals surface area contributed by atoms with E-state index in [9.17, 15) is 4.79 Å². The second kappa shape index (κ2) is 5.01. The Hall–Kier alpha value is -0.810. The van der Waals surface area contributed by atoms with Crippen LogP contribution < -0.4 is 0 Å². The molecule has 5 heteroatoms. The standard InChI is InChI=1S/C11H14BrNO3/c12-8-6-10(11(14)15)13(7-8)4-3-9-2-1-5-16-9/h6-7,9H,1-5H2,(H,14,15). The second-order valence-corrected chi connectivity index (χ2v) is 4.88. The molecule has 88 valence electrons. The van der Waals surface area contributed by atoms with Crippen LogP contribution in [0.25, 0.3) is 0 Å². The average molecular weight is 288 g/mol. The monoisotopic (exact) mass is 287 g/mol. The third-order valence-corrected chi connectivity index (χ3v) is 3.23. The topological polar surface area (TPSA) is 51.5 Å². The van der Waals surface area contributed by atoms with Gasteiger partial charge in [-0.1, -0.05) is 0 Å². The molecule has 0 aliphatic carbocycles. The fourth-order valence-electron chi connectivity index (χ4n) is 1.99. The molecule has 1 unspecified atom stereocenters. The third-order valence-electron chi connectivity index (χ3n) is 2.80. The fourth-order valence-corrected chi connectivity index (χ4v) is 2.46. The molecule has 0 spiro atoms. The number of aromatic nitrogens is 1. The molecule has 1 aromatic heterocycles. The van der Waals surface area contributed by atoms with Crippen LogP contribution in [0.3, 0.4) is 0 Å². The first-order chi connectivity index (χ1) is 7.66. The summed E-state index contributed by atoms with van der Waals surface area (Å²) >= 11 is 3.29. The normalized spacial score (nSPS) is 20.2. The van der Waals surface area contributed by atoms with Crippen LogP contribution in [-0.2, 0) is 11.3 Å². The van der Waals surface area contributed by atoms with Crippen LogP contribution in [0.5, 0.6) is 0 Å². The van der Waals surface area contributed by atoms with E-state index in [0.717, 1.165) is 30.3 Å². The second-order valence-electron chi connectivity index (χ2n) is 3.97. The molecule has 0 amide bonds. The van der Waals surface area contributed by atoms with E-state index in [4.69, 9.17) is 9.84 Å². The Morgan fingerprint density at radius 2 is 2.50 bits per heavy atom. The van der Waals surface area contributed by atoms with E-state index in [-0.39, 0.29) is 0 Å². The zero-order chi connectivity index (χ0) is 11.5. The number of aromatic carboxylic acids is 1. The van der Waals surface area contributed by atoms with Crippen molar-refractivity contribution in [3.05, 3.63) is 22.4 Å². The Bertz CT molecular complexity index is 383. The predicted molar refractivity (Wildman–Crippen MR) is 62.7 cm³/mol. The number of ether oxygens (including phenoxy) is 1. The van der Waals surface area contributed by atoms with E-state index in [2.05, 4.69) is 15.9 Å². The summed E-state index contributed by atoms with van der Waals surface area (Å²) in [7, 11) is 0. The number of carbonyl (C=O) groups is 1. The summed E-state index contributed by atoms with van der Waals surface area (Å²) < 4.78 is 8.07. The van der Waals surface area contributed by atoms with Gasteiger partial charge >= 0.3 is 5.97 Å². The van der Waals surface area contributed by atoms with Crippen molar-refractivity contribution in [2.24, 2.45) is 0 Å². The van der Waals surface area contributed by atoms with Gasteiger partial charge in [0, 0.05) is 23.8 Å². The lowest BCUT2D eigenvalue weighted by Crippen LogP contribution is -2.13. The van der Waals surface area contributed by atoms with E-state index < -0.39 is 5.97 Å². The molecular weight excluding hydrogens is 274 g/mol. The molecule has 0 saturated carbocycles. The lowest BCUT2D eigenvalue weighted by molar-refractivity contribution is 0.0680. The molecule has 0 radical (unpaired) electrons. The smallest absolute Gasteiger partial charge is 0.352 e. The largest absolute Gasteiger partial charge is 0.477 e. The van der Waals surface area contributed by atoms with E-state index >= 15 is 0 Å². The van der Waals surface area contributed by atoms with Crippen LogP contribution >= 0.6 is 15.9 Å². The Balaban J connectivity index is 1.99. The van der Waals surface area contributed by atoms with Crippen LogP contribution in [0.15, 0.2) is 16.7 Å². The Labute approximate surface area is 102 Å². The van der Waals surface area contributed by atoms with Gasteiger partial charge in [0.15, 0.2) is 0 Å². The number of hydrogen-bond acceptors (Lipinski definition) is 2. The molecule has 1 saturated heterocycles. The Morgan fingerprint density at radius 1 is 1.69 bits per heavy atom. The molecule has 1 atom stereocenters. The highest BCUT2D eigenvalue weighted by Crippen LogP contribution is 2.19. The molecule has 1 aliphatic heterocycles. The molecule has 2 heterocycles. The number of halogens is 1. The maximum atomic E-state index is 11.0. The molecular formula is C11H14BrNO3. The summed E-state index contributed by atoms with van der Waals surface area (Å²) in [5, 5.41) is 9.00. The van der Waals surface area contributed by atoms with Gasteiger partial charge in [0.05, 0.1) is 6.10 Å². The van der Waals surface area contributed by atoms with E-state index in [1.807, 2.05) is 0 Å². The summed E-state index contributed by atoms with van der Waals surface area (Å²) in [5.41, 5.74) is 0.324. The highest BCUT2D eigenvalue weighted by Gasteiger charge is 2.17. The summed E-state index contributed by atoms with van der Waals surface area (Å²) in [6.07, 6.45) is 5.18. The van der Waals surface area contributed by atoms with Gasteiger partial charge in [0.2, 0.25) is 0 Å². The highest BCUT2D eigenvalue weighted by atomic mass is 79.9. The number of nitrogens with zero attached hydrogens (tertiary/aromatic N) is 1. The maximum Gasteiger partial charge on any atom is 0.352 e. The number of rotatable bonds is 4. The summed E-state index contributed by atoms with van der Waals surface area (Å²) in [6.45, 7) is 1.53. The first-order valence-corrected chi connectivity index (χ1v) is 6.16. The lowest BCUT2D eigenvalue weighted by atomic mass is 10.2. The number of carboxylic acids is 1. The Kier molecular flexibility index (Phi) is 3.66. The number of carboxylic acid groups (broad SMARTS) is 1. The molecule has 2 rings (SSSR count). The minimum atomic E-state index is -0.891. The van der Waals surface area contributed by atoms with Crippen LogP contribution in [0.2, 0.25) is 0 Å². The van der Waals surface area contributed by atoms with Gasteiger partial charge in [-0.15, -0.1) is 0 Å². The van der Waals surface area contributed by atoms with Crippen molar-refractivity contribution in [2.45, 2.75) is 31.9 Å². The van der Waals surface area contributed by atoms with E-state index in [0.29, 0.717) is 18.3 Å². The SMILES string of the molecule is O=C(O)c1cc(Br)cn1CCC1CCCO1. The van der Waals surface area contributed by atoms with Crippen molar-refractivity contribution in [3.63, 3.8) is 0 Å². The molecule has 0 aromatic carbocycles. The average Bonchev–Trinajstić information content (AvgIpc) is 2.83. The third kappa shape index (κ3) is 2.65.